The monoisotopic (exact) mass is 812 g/mol. The van der Waals surface area contributed by atoms with Gasteiger partial charge in [0.25, 0.3) is 0 Å². The smallest absolute Gasteiger partial charge is 0.337 e. The van der Waals surface area contributed by atoms with Crippen molar-refractivity contribution in [3.05, 3.63) is 90.1 Å². The molecule has 4 rings (SSSR count). The van der Waals surface area contributed by atoms with E-state index < -0.39 is 24.3 Å². The van der Waals surface area contributed by atoms with Crippen molar-refractivity contribution >= 4 is 64.0 Å². The molecule has 4 N–H and O–H groups in total. The van der Waals surface area contributed by atoms with Crippen LogP contribution >= 0.6 is 45.8 Å². The van der Waals surface area contributed by atoms with E-state index >= 15 is 0 Å². The Morgan fingerprint density at radius 3 is 2.48 bits per heavy atom. The van der Waals surface area contributed by atoms with Gasteiger partial charge in [-0.25, -0.2) is 9.59 Å². The SMILES string of the molecule is CCOc1cc([C@@H]2NC(=O)NC(C)=C2C(=O)OC)ccc1OC[C@@H](O)N/N=C/c1cc(I)c(OCc2ccc(Cl)c(Cl)c2)c(OCC)c1. The summed E-state index contributed by atoms with van der Waals surface area (Å²) in [6.07, 6.45) is 0.369. The first-order valence-corrected chi connectivity index (χ1v) is 16.6. The number of methoxy groups -OCH3 is 1. The fourth-order valence-electron chi connectivity index (χ4n) is 4.67. The molecule has 1 aliphatic heterocycles. The van der Waals surface area contributed by atoms with Gasteiger partial charge in [0.1, 0.15) is 13.2 Å². The number of nitrogens with one attached hydrogen (secondary N) is 3. The number of aliphatic hydroxyl groups excluding tert-OH is 1. The zero-order valence-corrected chi connectivity index (χ0v) is 30.2. The molecular weight excluding hydrogens is 778 g/mol. The second kappa shape index (κ2) is 17.5. The number of nitrogens with zero attached hydrogens (tertiary/aromatic N) is 1. The Hall–Kier alpha value is -3.92. The van der Waals surface area contributed by atoms with Crippen molar-refractivity contribution in [2.45, 2.75) is 39.6 Å². The summed E-state index contributed by atoms with van der Waals surface area (Å²) in [4.78, 5) is 24.7. The molecule has 1 heterocycles. The van der Waals surface area contributed by atoms with Crippen LogP contribution in [-0.2, 0) is 16.1 Å². The van der Waals surface area contributed by atoms with Gasteiger partial charge in [-0.1, -0.05) is 35.3 Å². The lowest BCUT2D eigenvalue weighted by molar-refractivity contribution is -0.136. The van der Waals surface area contributed by atoms with Crippen molar-refractivity contribution in [1.29, 1.82) is 0 Å². The molecule has 256 valence electrons. The van der Waals surface area contributed by atoms with Crippen molar-refractivity contribution in [2.75, 3.05) is 26.9 Å². The van der Waals surface area contributed by atoms with Gasteiger partial charge in [0.15, 0.2) is 29.2 Å². The summed E-state index contributed by atoms with van der Waals surface area (Å²) in [5.41, 5.74) is 5.43. The predicted molar refractivity (Wildman–Crippen MR) is 190 cm³/mol. The van der Waals surface area contributed by atoms with Crippen LogP contribution in [-0.4, -0.2) is 56.5 Å². The molecule has 0 unspecified atom stereocenters. The second-order valence-corrected chi connectivity index (χ2v) is 12.2. The number of carbonyl (C=O) groups excluding carboxylic acids is 2. The van der Waals surface area contributed by atoms with Crippen LogP contribution in [0.5, 0.6) is 23.0 Å². The second-order valence-electron chi connectivity index (χ2n) is 10.2. The van der Waals surface area contributed by atoms with Crippen LogP contribution in [0, 0.1) is 3.57 Å². The number of hydrogen-bond acceptors (Lipinski definition) is 10. The van der Waals surface area contributed by atoms with Crippen molar-refractivity contribution in [2.24, 2.45) is 5.10 Å². The standard InChI is InChI=1S/C33H35Cl2IN4O8/c1-5-45-26-14-21(30-29(32(42)44-4)18(3)38-33(43)39-30)8-10-25(26)47-17-28(41)40-37-15-20-12-24(36)31(27(13-20)46-6-2)48-16-19-7-9-22(34)23(35)11-19/h7-15,28,30,40-41H,5-6,16-17H2,1-4H3,(H2,38,39,43)/b37-15+/t28-,30+/m1/s1. The Labute approximate surface area is 301 Å². The van der Waals surface area contributed by atoms with Crippen LogP contribution in [0.3, 0.4) is 0 Å². The number of ether oxygens (including phenoxy) is 5. The van der Waals surface area contributed by atoms with Gasteiger partial charge in [-0.3, -0.25) is 5.43 Å². The van der Waals surface area contributed by atoms with Crippen molar-refractivity contribution in [3.8, 4) is 23.0 Å². The lowest BCUT2D eigenvalue weighted by Gasteiger charge is -2.28. The van der Waals surface area contributed by atoms with Gasteiger partial charge in [-0.15, -0.1) is 0 Å². The van der Waals surface area contributed by atoms with E-state index in [0.29, 0.717) is 63.1 Å². The summed E-state index contributed by atoms with van der Waals surface area (Å²) >= 11 is 14.3. The topological polar surface area (TPSA) is 149 Å². The maximum atomic E-state index is 12.5. The summed E-state index contributed by atoms with van der Waals surface area (Å²) in [7, 11) is 1.27. The van der Waals surface area contributed by atoms with Crippen LogP contribution in [0.1, 0.15) is 43.5 Å². The van der Waals surface area contributed by atoms with Gasteiger partial charge in [0.05, 0.1) is 51.8 Å². The van der Waals surface area contributed by atoms with E-state index in [9.17, 15) is 14.7 Å². The molecule has 12 nitrogen and oxygen atoms in total. The first kappa shape index (κ1) is 36.9. The van der Waals surface area contributed by atoms with Crippen molar-refractivity contribution < 1.29 is 38.4 Å². The molecule has 0 fully saturated rings. The molecule has 0 spiro atoms. The summed E-state index contributed by atoms with van der Waals surface area (Å²) in [5, 5.41) is 20.9. The van der Waals surface area contributed by atoms with Crippen molar-refractivity contribution in [3.63, 3.8) is 0 Å². The number of allylic oxidation sites excluding steroid dienone is 1. The molecule has 15 heteroatoms. The molecule has 3 aromatic rings. The maximum Gasteiger partial charge on any atom is 0.337 e. The molecule has 0 bridgehead atoms. The normalized spacial score (nSPS) is 15.0. The molecule has 0 radical (unpaired) electrons. The number of rotatable bonds is 15. The minimum Gasteiger partial charge on any atom is -0.490 e. The predicted octanol–water partition coefficient (Wildman–Crippen LogP) is 6.10. The van der Waals surface area contributed by atoms with E-state index in [-0.39, 0.29) is 18.8 Å². The third kappa shape index (κ3) is 9.58. The zero-order valence-electron chi connectivity index (χ0n) is 26.6. The largest absolute Gasteiger partial charge is 0.490 e. The van der Waals surface area contributed by atoms with E-state index in [1.54, 1.807) is 49.5 Å². The highest BCUT2D eigenvalue weighted by atomic mass is 127. The van der Waals surface area contributed by atoms with Crippen LogP contribution < -0.4 is 35.0 Å². The number of halogens is 3. The fraction of sp³-hybridized carbons (Fsp3) is 0.303. The Morgan fingerprint density at radius 1 is 1.02 bits per heavy atom. The lowest BCUT2D eigenvalue weighted by atomic mass is 9.95. The first-order chi connectivity index (χ1) is 23.0. The molecule has 0 saturated heterocycles. The number of amides is 2. The number of hydrazone groups is 1. The molecular formula is C33H35Cl2IN4O8. The van der Waals surface area contributed by atoms with Crippen molar-refractivity contribution in [1.82, 2.24) is 16.1 Å². The van der Waals surface area contributed by atoms with E-state index in [4.69, 9.17) is 46.9 Å². The number of benzene rings is 3. The molecule has 0 saturated carbocycles. The van der Waals surface area contributed by atoms with Gasteiger partial charge >= 0.3 is 12.0 Å². The number of aliphatic hydroxyl groups is 1. The first-order valence-electron chi connectivity index (χ1n) is 14.8. The Morgan fingerprint density at radius 2 is 1.77 bits per heavy atom. The minimum absolute atomic E-state index is 0.170. The van der Waals surface area contributed by atoms with E-state index in [2.05, 4.69) is 43.8 Å². The minimum atomic E-state index is -1.17. The summed E-state index contributed by atoms with van der Waals surface area (Å²) in [5.74, 6) is 1.24. The molecule has 2 amide bonds. The van der Waals surface area contributed by atoms with Crippen LogP contribution in [0.4, 0.5) is 4.79 Å². The number of esters is 1. The summed E-state index contributed by atoms with van der Waals surface area (Å²) in [6.45, 7) is 6.15. The molecule has 0 aliphatic carbocycles. The van der Waals surface area contributed by atoms with E-state index in [1.165, 1.54) is 7.11 Å². The Bertz CT molecular complexity index is 1700. The summed E-state index contributed by atoms with van der Waals surface area (Å²) in [6, 6.07) is 12.7. The van der Waals surface area contributed by atoms with Crippen LogP contribution in [0.2, 0.25) is 10.0 Å². The van der Waals surface area contributed by atoms with Gasteiger partial charge < -0.3 is 39.4 Å². The number of carbonyl (C=O) groups is 2. The highest BCUT2D eigenvalue weighted by Gasteiger charge is 2.32. The van der Waals surface area contributed by atoms with Gasteiger partial charge in [-0.2, -0.15) is 5.10 Å². The molecule has 2 atom stereocenters. The Balaban J connectivity index is 1.40. The summed E-state index contributed by atoms with van der Waals surface area (Å²) < 4.78 is 29.2. The van der Waals surface area contributed by atoms with Crippen LogP contribution in [0.15, 0.2) is 64.9 Å². The van der Waals surface area contributed by atoms with Gasteiger partial charge in [-0.05, 0) is 96.5 Å². The van der Waals surface area contributed by atoms with Crippen LogP contribution in [0.25, 0.3) is 0 Å². The highest BCUT2D eigenvalue weighted by Crippen LogP contribution is 2.36. The number of urea groups is 1. The average Bonchev–Trinajstić information content (AvgIpc) is 3.05. The molecule has 48 heavy (non-hydrogen) atoms. The van der Waals surface area contributed by atoms with E-state index in [0.717, 1.165) is 9.13 Å². The fourth-order valence-corrected chi connectivity index (χ4v) is 5.77. The Kier molecular flexibility index (Phi) is 13.4. The number of hydrogen-bond donors (Lipinski definition) is 4. The third-order valence-electron chi connectivity index (χ3n) is 6.81. The van der Waals surface area contributed by atoms with E-state index in [1.807, 2.05) is 26.0 Å². The molecule has 3 aromatic carbocycles. The lowest BCUT2D eigenvalue weighted by Crippen LogP contribution is -2.45. The molecule has 1 aliphatic rings. The zero-order chi connectivity index (χ0) is 34.8. The molecule has 0 aromatic heterocycles. The quantitative estimate of drug-likeness (QED) is 0.0470. The average molecular weight is 813 g/mol. The highest BCUT2D eigenvalue weighted by molar-refractivity contribution is 14.1. The third-order valence-corrected chi connectivity index (χ3v) is 8.35. The van der Waals surface area contributed by atoms with Gasteiger partial charge in [0.2, 0.25) is 0 Å². The maximum absolute atomic E-state index is 12.5. The van der Waals surface area contributed by atoms with Gasteiger partial charge in [0, 0.05) is 5.70 Å².